The molecule has 1 aliphatic heterocycles. The van der Waals surface area contributed by atoms with Crippen LogP contribution >= 0.6 is 15.9 Å². The Morgan fingerprint density at radius 2 is 2.00 bits per heavy atom. The predicted octanol–water partition coefficient (Wildman–Crippen LogP) is 5.88. The predicted molar refractivity (Wildman–Crippen MR) is 98.1 cm³/mol. The fraction of sp³-hybridized carbons (Fsp3) is 0.400. The minimum Gasteiger partial charge on any atom is -0.496 e. The number of methoxy groups -OCH3 is 1. The van der Waals surface area contributed by atoms with Crippen LogP contribution in [0, 0.1) is 11.2 Å². The molecule has 3 rings (SSSR count). The van der Waals surface area contributed by atoms with Crippen LogP contribution in [0.1, 0.15) is 37.5 Å². The molecule has 0 aliphatic carbocycles. The van der Waals surface area contributed by atoms with Gasteiger partial charge in [0.1, 0.15) is 11.6 Å². The Hall–Kier alpha value is -1.39. The summed E-state index contributed by atoms with van der Waals surface area (Å²) in [5, 5.41) is 0.674. The lowest BCUT2D eigenvalue weighted by Gasteiger charge is -2.28. The second-order valence-corrected chi connectivity index (χ2v) is 7.41. The monoisotopic (exact) mass is 392 g/mol. The molecule has 0 radical (unpaired) electrons. The minimum atomic E-state index is -0.233. The van der Waals surface area contributed by atoms with Crippen molar-refractivity contribution in [3.63, 3.8) is 0 Å². The molecule has 4 heteroatoms. The molecule has 24 heavy (non-hydrogen) atoms. The number of benzene rings is 2. The highest BCUT2D eigenvalue weighted by molar-refractivity contribution is 9.08. The van der Waals surface area contributed by atoms with Crippen molar-refractivity contribution in [2.45, 2.75) is 31.7 Å². The first-order chi connectivity index (χ1) is 11.5. The molecule has 1 aliphatic rings. The first-order valence-corrected chi connectivity index (χ1v) is 9.23. The lowest BCUT2D eigenvalue weighted by molar-refractivity contribution is 0.0640. The molecule has 0 saturated carbocycles. The third kappa shape index (κ3) is 3.09. The normalized spacial score (nSPS) is 19.5. The lowest BCUT2D eigenvalue weighted by atomic mass is 9.79. The standard InChI is InChI=1S/C20H22BrFO2/c1-20(2)8-9-24-19(20)16-10-13(12-21)18(23-3)11-15(16)14-6-4-5-7-17(14)22/h4-7,10-11,19H,8-9,12H2,1-3H3/t19-/m0/s1. The van der Waals surface area contributed by atoms with Gasteiger partial charge < -0.3 is 9.47 Å². The van der Waals surface area contributed by atoms with Crippen LogP contribution in [0.5, 0.6) is 5.75 Å². The van der Waals surface area contributed by atoms with E-state index in [0.717, 1.165) is 35.5 Å². The Bertz CT molecular complexity index is 742. The summed E-state index contributed by atoms with van der Waals surface area (Å²) in [5.41, 5.74) is 3.50. The maximum absolute atomic E-state index is 14.5. The van der Waals surface area contributed by atoms with Gasteiger partial charge in [0.05, 0.1) is 13.2 Å². The van der Waals surface area contributed by atoms with Gasteiger partial charge in [-0.1, -0.05) is 48.0 Å². The van der Waals surface area contributed by atoms with E-state index >= 15 is 0 Å². The summed E-state index contributed by atoms with van der Waals surface area (Å²) in [7, 11) is 1.64. The van der Waals surface area contributed by atoms with Crippen LogP contribution in [0.15, 0.2) is 36.4 Å². The summed E-state index contributed by atoms with van der Waals surface area (Å²) in [6.45, 7) is 5.13. The highest BCUT2D eigenvalue weighted by atomic mass is 79.9. The zero-order valence-electron chi connectivity index (χ0n) is 14.2. The van der Waals surface area contributed by atoms with Crippen molar-refractivity contribution in [3.05, 3.63) is 53.3 Å². The first-order valence-electron chi connectivity index (χ1n) is 8.11. The maximum Gasteiger partial charge on any atom is 0.131 e. The molecular formula is C20H22BrFO2. The molecule has 1 fully saturated rings. The molecule has 2 nitrogen and oxygen atoms in total. The number of hydrogen-bond donors (Lipinski definition) is 0. The second-order valence-electron chi connectivity index (χ2n) is 6.85. The molecule has 1 atom stereocenters. The van der Waals surface area contributed by atoms with Crippen molar-refractivity contribution in [3.8, 4) is 16.9 Å². The van der Waals surface area contributed by atoms with Crippen molar-refractivity contribution in [2.75, 3.05) is 13.7 Å². The summed E-state index contributed by atoms with van der Waals surface area (Å²) < 4.78 is 26.0. The van der Waals surface area contributed by atoms with E-state index in [2.05, 4.69) is 35.8 Å². The van der Waals surface area contributed by atoms with Crippen molar-refractivity contribution < 1.29 is 13.9 Å². The summed E-state index contributed by atoms with van der Waals surface area (Å²) in [4.78, 5) is 0. The zero-order valence-corrected chi connectivity index (χ0v) is 15.8. The summed E-state index contributed by atoms with van der Waals surface area (Å²) in [5.74, 6) is 0.521. The first kappa shape index (κ1) is 17.4. The Balaban J connectivity index is 2.24. The summed E-state index contributed by atoms with van der Waals surface area (Å²) in [6, 6.07) is 10.9. The van der Waals surface area contributed by atoms with Crippen molar-refractivity contribution in [2.24, 2.45) is 5.41 Å². The molecule has 128 valence electrons. The SMILES string of the molecule is COc1cc(-c2ccccc2F)c([C@@H]2OCCC2(C)C)cc1CBr. The molecule has 0 spiro atoms. The van der Waals surface area contributed by atoms with Gasteiger partial charge in [-0.15, -0.1) is 0 Å². The zero-order chi connectivity index (χ0) is 17.3. The van der Waals surface area contributed by atoms with Gasteiger partial charge in [0, 0.05) is 23.1 Å². The van der Waals surface area contributed by atoms with Gasteiger partial charge in [-0.25, -0.2) is 4.39 Å². The van der Waals surface area contributed by atoms with E-state index in [1.54, 1.807) is 13.2 Å². The van der Waals surface area contributed by atoms with Crippen LogP contribution in [0.25, 0.3) is 11.1 Å². The average Bonchev–Trinajstić information content (AvgIpc) is 2.93. The number of hydrogen-bond acceptors (Lipinski definition) is 2. The van der Waals surface area contributed by atoms with Gasteiger partial charge in [0.25, 0.3) is 0 Å². The molecule has 0 bridgehead atoms. The van der Waals surface area contributed by atoms with E-state index in [0.29, 0.717) is 10.9 Å². The molecule has 0 amide bonds. The number of rotatable bonds is 4. The topological polar surface area (TPSA) is 18.5 Å². The Morgan fingerprint density at radius 1 is 1.25 bits per heavy atom. The Labute approximate surface area is 151 Å². The molecule has 1 saturated heterocycles. The Morgan fingerprint density at radius 3 is 2.58 bits per heavy atom. The van der Waals surface area contributed by atoms with Gasteiger partial charge >= 0.3 is 0 Å². The van der Waals surface area contributed by atoms with Gasteiger partial charge in [0.15, 0.2) is 0 Å². The summed E-state index contributed by atoms with van der Waals surface area (Å²) >= 11 is 3.52. The van der Waals surface area contributed by atoms with E-state index in [1.165, 1.54) is 6.07 Å². The number of ether oxygens (including phenoxy) is 2. The minimum absolute atomic E-state index is 0.0121. The fourth-order valence-electron chi connectivity index (χ4n) is 3.38. The highest BCUT2D eigenvalue weighted by Gasteiger charge is 2.38. The van der Waals surface area contributed by atoms with Crippen molar-refractivity contribution in [1.82, 2.24) is 0 Å². The van der Waals surface area contributed by atoms with Crippen LogP contribution in [-0.2, 0) is 10.1 Å². The number of halogens is 2. The van der Waals surface area contributed by atoms with E-state index in [-0.39, 0.29) is 17.3 Å². The molecule has 0 unspecified atom stereocenters. The van der Waals surface area contributed by atoms with Crippen LogP contribution < -0.4 is 4.74 Å². The largest absolute Gasteiger partial charge is 0.496 e. The van der Waals surface area contributed by atoms with Crippen LogP contribution in [0.2, 0.25) is 0 Å². The molecule has 0 N–H and O–H groups in total. The third-order valence-corrected chi connectivity index (χ3v) is 5.39. The quantitative estimate of drug-likeness (QED) is 0.604. The van der Waals surface area contributed by atoms with Gasteiger partial charge in [0.2, 0.25) is 0 Å². The van der Waals surface area contributed by atoms with Crippen molar-refractivity contribution in [1.29, 1.82) is 0 Å². The number of alkyl halides is 1. The second kappa shape index (κ2) is 6.85. The van der Waals surface area contributed by atoms with Gasteiger partial charge in [-0.05, 0) is 41.2 Å². The van der Waals surface area contributed by atoms with Crippen LogP contribution in [-0.4, -0.2) is 13.7 Å². The van der Waals surface area contributed by atoms with E-state index in [9.17, 15) is 4.39 Å². The third-order valence-electron chi connectivity index (χ3n) is 4.78. The molecule has 2 aromatic carbocycles. The molecular weight excluding hydrogens is 371 g/mol. The molecule has 0 aromatic heterocycles. The fourth-order valence-corrected chi connectivity index (χ4v) is 3.81. The van der Waals surface area contributed by atoms with Gasteiger partial charge in [-0.3, -0.25) is 0 Å². The van der Waals surface area contributed by atoms with E-state index in [1.807, 2.05) is 18.2 Å². The molecule has 2 aromatic rings. The molecule has 1 heterocycles. The van der Waals surface area contributed by atoms with E-state index in [4.69, 9.17) is 9.47 Å². The highest BCUT2D eigenvalue weighted by Crippen LogP contribution is 2.49. The van der Waals surface area contributed by atoms with Crippen molar-refractivity contribution >= 4 is 15.9 Å². The van der Waals surface area contributed by atoms with Crippen LogP contribution in [0.4, 0.5) is 4.39 Å². The summed E-state index contributed by atoms with van der Waals surface area (Å²) in [6.07, 6.45) is 0.931. The van der Waals surface area contributed by atoms with Gasteiger partial charge in [-0.2, -0.15) is 0 Å². The smallest absolute Gasteiger partial charge is 0.131 e. The van der Waals surface area contributed by atoms with Crippen LogP contribution in [0.3, 0.4) is 0 Å². The van der Waals surface area contributed by atoms with E-state index < -0.39 is 0 Å². The maximum atomic E-state index is 14.5. The average molecular weight is 393 g/mol. The lowest BCUT2D eigenvalue weighted by Crippen LogP contribution is -2.17. The Kier molecular flexibility index (Phi) is 4.97.